The summed E-state index contributed by atoms with van der Waals surface area (Å²) in [6.45, 7) is 1.88. The number of aromatic hydroxyl groups is 1. The number of thiophene rings is 1. The number of phenols is 1. The molecule has 11 nitrogen and oxygen atoms in total. The van der Waals surface area contributed by atoms with Gasteiger partial charge in [-0.1, -0.05) is 54.1 Å². The molecule has 56 heavy (non-hydrogen) atoms. The number of halogens is 2. The number of methoxy groups -OCH3 is 1. The Hall–Kier alpha value is -6.62. The highest BCUT2D eigenvalue weighted by atomic mass is 35.5. The highest BCUT2D eigenvalue weighted by Gasteiger charge is 2.29. The number of rotatable bonds is 13. The molecule has 0 aliphatic heterocycles. The number of ether oxygens (including phenoxy) is 4. The third-order valence-corrected chi connectivity index (χ3v) is 10.2. The Morgan fingerprint density at radius 1 is 0.964 bits per heavy atom. The standard InChI is InChI=1S/C42H31ClFN5O6S/c1-3-53-42(51)34(20-25-8-4-6-10-32(25)54-22-27-18-19-46-39(49-27)29-9-5-7-11-33(29)52-2)55-40-36-35(28-16-17-31(50)37(43)30(28)21-45)38(56-41(36)48-23-47-40)24-12-14-26(44)15-13-24/h4-19,23,34,50H,3,20,22H2,1-2H3/t34-/m1/s1. The van der Waals surface area contributed by atoms with Gasteiger partial charge in [0.2, 0.25) is 12.0 Å². The van der Waals surface area contributed by atoms with Gasteiger partial charge in [-0.25, -0.2) is 29.1 Å². The van der Waals surface area contributed by atoms with Crippen molar-refractivity contribution in [3.63, 3.8) is 0 Å². The van der Waals surface area contributed by atoms with Crippen LogP contribution in [-0.2, 0) is 22.6 Å². The number of phenolic OH excluding ortho intramolecular Hbond substituents is 1. The summed E-state index contributed by atoms with van der Waals surface area (Å²) in [5.41, 5.74) is 3.42. The molecule has 0 amide bonds. The van der Waals surface area contributed by atoms with Gasteiger partial charge in [-0.05, 0) is 66.6 Å². The van der Waals surface area contributed by atoms with Crippen molar-refractivity contribution >= 4 is 39.1 Å². The minimum absolute atomic E-state index is 0.00346. The van der Waals surface area contributed by atoms with Crippen molar-refractivity contribution < 1.29 is 33.2 Å². The summed E-state index contributed by atoms with van der Waals surface area (Å²) in [5.74, 6) is 0.291. The lowest BCUT2D eigenvalue weighted by Crippen LogP contribution is -2.32. The zero-order valence-corrected chi connectivity index (χ0v) is 31.5. The van der Waals surface area contributed by atoms with Crippen molar-refractivity contribution in [2.24, 2.45) is 0 Å². The van der Waals surface area contributed by atoms with Gasteiger partial charge in [-0.15, -0.1) is 11.3 Å². The molecule has 0 saturated carbocycles. The first-order valence-electron chi connectivity index (χ1n) is 17.2. The van der Waals surface area contributed by atoms with Gasteiger partial charge in [-0.2, -0.15) is 5.26 Å². The number of nitrogens with zero attached hydrogens (tertiary/aromatic N) is 5. The number of para-hydroxylation sites is 2. The number of benzene rings is 4. The third-order valence-electron chi connectivity index (χ3n) is 8.68. The molecule has 0 fully saturated rings. The van der Waals surface area contributed by atoms with Gasteiger partial charge in [0.25, 0.3) is 0 Å². The molecule has 0 unspecified atom stereocenters. The molecule has 0 bridgehead atoms. The molecule has 1 atom stereocenters. The summed E-state index contributed by atoms with van der Waals surface area (Å²) in [6, 6.07) is 27.3. The molecule has 1 N–H and O–H groups in total. The zero-order valence-electron chi connectivity index (χ0n) is 29.9. The van der Waals surface area contributed by atoms with E-state index in [1.165, 1.54) is 35.9 Å². The quantitative estimate of drug-likeness (QED) is 0.112. The van der Waals surface area contributed by atoms with E-state index < -0.39 is 17.9 Å². The van der Waals surface area contributed by atoms with Crippen molar-refractivity contribution in [3.05, 3.63) is 131 Å². The minimum atomic E-state index is -1.21. The number of nitriles is 1. The molecule has 280 valence electrons. The van der Waals surface area contributed by atoms with E-state index in [2.05, 4.69) is 26.0 Å². The molecule has 3 heterocycles. The minimum Gasteiger partial charge on any atom is -0.506 e. The smallest absolute Gasteiger partial charge is 0.347 e. The second-order valence-corrected chi connectivity index (χ2v) is 13.5. The monoisotopic (exact) mass is 787 g/mol. The van der Waals surface area contributed by atoms with Crippen LogP contribution in [-0.4, -0.2) is 50.8 Å². The van der Waals surface area contributed by atoms with E-state index in [0.29, 0.717) is 60.4 Å². The molecule has 4 aromatic carbocycles. The maximum absolute atomic E-state index is 14.1. The first-order chi connectivity index (χ1) is 27.3. The second-order valence-electron chi connectivity index (χ2n) is 12.1. The predicted octanol–water partition coefficient (Wildman–Crippen LogP) is 8.99. The van der Waals surface area contributed by atoms with Crippen LogP contribution in [0.25, 0.3) is 43.2 Å². The molecular formula is C42H31ClFN5O6S. The van der Waals surface area contributed by atoms with Crippen molar-refractivity contribution in [3.8, 4) is 62.2 Å². The lowest BCUT2D eigenvalue weighted by molar-refractivity contribution is -0.151. The summed E-state index contributed by atoms with van der Waals surface area (Å²) < 4.78 is 37.8. The van der Waals surface area contributed by atoms with E-state index in [1.807, 2.05) is 42.5 Å². The fourth-order valence-electron chi connectivity index (χ4n) is 6.08. The summed E-state index contributed by atoms with van der Waals surface area (Å²) in [7, 11) is 1.59. The maximum atomic E-state index is 14.1. The third kappa shape index (κ3) is 7.79. The Bertz CT molecular complexity index is 2600. The average Bonchev–Trinajstić information content (AvgIpc) is 3.62. The summed E-state index contributed by atoms with van der Waals surface area (Å²) in [5, 5.41) is 20.8. The molecule has 0 aliphatic rings. The molecular weight excluding hydrogens is 757 g/mol. The van der Waals surface area contributed by atoms with Gasteiger partial charge in [0.15, 0.2) is 5.82 Å². The fourth-order valence-corrected chi connectivity index (χ4v) is 7.44. The number of hydrogen-bond donors (Lipinski definition) is 1. The lowest BCUT2D eigenvalue weighted by Gasteiger charge is -2.20. The molecule has 0 spiro atoms. The first-order valence-corrected chi connectivity index (χ1v) is 18.4. The molecule has 3 aromatic heterocycles. The largest absolute Gasteiger partial charge is 0.506 e. The van der Waals surface area contributed by atoms with E-state index in [4.69, 9.17) is 30.5 Å². The number of carbonyl (C=O) groups is 1. The zero-order chi connectivity index (χ0) is 39.2. The summed E-state index contributed by atoms with van der Waals surface area (Å²) in [6.07, 6.45) is 1.77. The van der Waals surface area contributed by atoms with Crippen LogP contribution in [0, 0.1) is 17.1 Å². The normalized spacial score (nSPS) is 11.5. The Morgan fingerprint density at radius 3 is 2.50 bits per heavy atom. The van der Waals surface area contributed by atoms with Gasteiger partial charge in [0, 0.05) is 28.6 Å². The predicted molar refractivity (Wildman–Crippen MR) is 209 cm³/mol. The highest BCUT2D eigenvalue weighted by molar-refractivity contribution is 7.22. The lowest BCUT2D eigenvalue weighted by atomic mass is 9.95. The number of hydrogen-bond acceptors (Lipinski definition) is 12. The van der Waals surface area contributed by atoms with Crippen molar-refractivity contribution in [1.29, 1.82) is 5.26 Å². The molecule has 7 aromatic rings. The Kier molecular flexibility index (Phi) is 11.3. The molecule has 0 aliphatic carbocycles. The number of carbonyl (C=O) groups excluding carboxylic acids is 1. The first kappa shape index (κ1) is 37.7. The topological polar surface area (TPSA) is 150 Å². The van der Waals surface area contributed by atoms with Gasteiger partial charge in [0.1, 0.15) is 51.9 Å². The van der Waals surface area contributed by atoms with Crippen LogP contribution in [0.5, 0.6) is 23.1 Å². The van der Waals surface area contributed by atoms with Crippen LogP contribution in [0.4, 0.5) is 4.39 Å². The SMILES string of the molecule is CCOC(=O)[C@@H](Cc1ccccc1OCc1ccnc(-c2ccccc2OC)n1)Oc1ncnc2sc(-c3ccc(F)cc3)c(-c3ccc(O)c(Cl)c3C#N)c12. The molecule has 14 heteroatoms. The van der Waals surface area contributed by atoms with Crippen LogP contribution in [0.3, 0.4) is 0 Å². The molecule has 0 saturated heterocycles. The second kappa shape index (κ2) is 16.8. The van der Waals surface area contributed by atoms with Crippen LogP contribution < -0.4 is 14.2 Å². The van der Waals surface area contributed by atoms with Gasteiger partial charge < -0.3 is 24.1 Å². The Balaban J connectivity index is 1.25. The fraction of sp³-hybridized carbons (Fsp3) is 0.143. The summed E-state index contributed by atoms with van der Waals surface area (Å²) in [4.78, 5) is 32.8. The highest BCUT2D eigenvalue weighted by Crippen LogP contribution is 2.49. The van der Waals surface area contributed by atoms with Crippen LogP contribution in [0.1, 0.15) is 23.7 Å². The Morgan fingerprint density at radius 2 is 1.73 bits per heavy atom. The molecule has 7 rings (SSSR count). The Labute approximate surface area is 329 Å². The molecule has 0 radical (unpaired) electrons. The van der Waals surface area contributed by atoms with E-state index in [-0.39, 0.29) is 41.9 Å². The van der Waals surface area contributed by atoms with E-state index in [0.717, 1.165) is 5.56 Å². The van der Waals surface area contributed by atoms with E-state index in [1.54, 1.807) is 50.6 Å². The van der Waals surface area contributed by atoms with E-state index >= 15 is 0 Å². The van der Waals surface area contributed by atoms with Crippen molar-refractivity contribution in [1.82, 2.24) is 19.9 Å². The van der Waals surface area contributed by atoms with Gasteiger partial charge in [0.05, 0.1) is 35.9 Å². The summed E-state index contributed by atoms with van der Waals surface area (Å²) >= 11 is 7.69. The van der Waals surface area contributed by atoms with Crippen molar-refractivity contribution in [2.75, 3.05) is 13.7 Å². The number of aromatic nitrogens is 4. The van der Waals surface area contributed by atoms with Crippen LogP contribution >= 0.6 is 22.9 Å². The van der Waals surface area contributed by atoms with Gasteiger partial charge in [-0.3, -0.25) is 0 Å². The van der Waals surface area contributed by atoms with Gasteiger partial charge >= 0.3 is 5.97 Å². The van der Waals surface area contributed by atoms with Crippen molar-refractivity contribution in [2.45, 2.75) is 26.1 Å². The van der Waals surface area contributed by atoms with Crippen LogP contribution in [0.15, 0.2) is 104 Å². The maximum Gasteiger partial charge on any atom is 0.347 e. The number of fused-ring (bicyclic) bond motifs is 1. The number of esters is 1. The average molecular weight is 788 g/mol. The van der Waals surface area contributed by atoms with E-state index in [9.17, 15) is 19.6 Å². The van der Waals surface area contributed by atoms with Crippen LogP contribution in [0.2, 0.25) is 5.02 Å².